The van der Waals surface area contributed by atoms with E-state index < -0.39 is 11.8 Å². The molecule has 0 N–H and O–H groups in total. The Labute approximate surface area is 122 Å². The topological polar surface area (TPSA) is 54.0 Å². The second kappa shape index (κ2) is 7.84. The van der Waals surface area contributed by atoms with Crippen molar-refractivity contribution >= 4 is 6.16 Å². The maximum atomic E-state index is 11.3. The van der Waals surface area contributed by atoms with Gasteiger partial charge in [0.15, 0.2) is 0 Å². The minimum Gasteiger partial charge on any atom is -0.432 e. The van der Waals surface area contributed by atoms with Crippen LogP contribution < -0.4 is 0 Å². The fraction of sp³-hybridized carbons (Fsp3) is 0.933. The van der Waals surface area contributed by atoms with Crippen LogP contribution in [0.15, 0.2) is 0 Å². The van der Waals surface area contributed by atoms with E-state index in [4.69, 9.17) is 19.2 Å². The number of hydrogen-bond acceptors (Lipinski definition) is 5. The summed E-state index contributed by atoms with van der Waals surface area (Å²) in [6.45, 7) is 15.1. The van der Waals surface area contributed by atoms with Crippen molar-refractivity contribution in [2.75, 3.05) is 0 Å². The first-order valence-electron chi connectivity index (χ1n) is 7.15. The number of rotatable bonds is 7. The standard InChI is InChI=1S/C15H30O5/c1-11(2)17-13(16)18-12(3)9-10-15(7,8)20-19-14(4,5)6/h11-12H,9-10H2,1-8H3. The lowest BCUT2D eigenvalue weighted by Gasteiger charge is -2.29. The highest BCUT2D eigenvalue weighted by atomic mass is 17.2. The summed E-state index contributed by atoms with van der Waals surface area (Å²) < 4.78 is 10.1. The molecule has 1 atom stereocenters. The smallest absolute Gasteiger partial charge is 0.432 e. The molecule has 0 aromatic rings. The molecule has 0 spiro atoms. The Hall–Kier alpha value is -0.810. The van der Waals surface area contributed by atoms with Crippen molar-refractivity contribution < 1.29 is 24.0 Å². The fourth-order valence-electron chi connectivity index (χ4n) is 1.27. The molecule has 0 saturated heterocycles. The lowest BCUT2D eigenvalue weighted by atomic mass is 10.0. The summed E-state index contributed by atoms with van der Waals surface area (Å²) in [5.74, 6) is 0. The molecule has 0 aromatic carbocycles. The van der Waals surface area contributed by atoms with Gasteiger partial charge in [0.05, 0.1) is 17.3 Å². The zero-order valence-electron chi connectivity index (χ0n) is 14.1. The lowest BCUT2D eigenvalue weighted by molar-refractivity contribution is -0.398. The SMILES string of the molecule is CC(C)OC(=O)OC(C)CCC(C)(C)OOC(C)(C)C. The van der Waals surface area contributed by atoms with E-state index in [0.29, 0.717) is 12.8 Å². The highest BCUT2D eigenvalue weighted by Crippen LogP contribution is 2.22. The Morgan fingerprint density at radius 2 is 1.50 bits per heavy atom. The maximum absolute atomic E-state index is 11.3. The molecule has 0 aromatic heterocycles. The second-order valence-corrected chi connectivity index (χ2v) is 6.92. The summed E-state index contributed by atoms with van der Waals surface area (Å²) in [6, 6.07) is 0. The molecule has 0 aliphatic carbocycles. The second-order valence-electron chi connectivity index (χ2n) is 6.92. The lowest BCUT2D eigenvalue weighted by Crippen LogP contribution is -2.32. The van der Waals surface area contributed by atoms with Gasteiger partial charge in [-0.05, 0) is 68.2 Å². The maximum Gasteiger partial charge on any atom is 0.508 e. The van der Waals surface area contributed by atoms with Gasteiger partial charge in [0.25, 0.3) is 0 Å². The highest BCUT2D eigenvalue weighted by Gasteiger charge is 2.25. The molecule has 0 fully saturated rings. The van der Waals surface area contributed by atoms with Gasteiger partial charge in [0, 0.05) is 0 Å². The van der Waals surface area contributed by atoms with Crippen molar-refractivity contribution in [1.82, 2.24) is 0 Å². The summed E-state index contributed by atoms with van der Waals surface area (Å²) in [5.41, 5.74) is -0.784. The third kappa shape index (κ3) is 11.1. The summed E-state index contributed by atoms with van der Waals surface area (Å²) in [7, 11) is 0. The molecule has 0 radical (unpaired) electrons. The van der Waals surface area contributed by atoms with Crippen LogP contribution >= 0.6 is 0 Å². The van der Waals surface area contributed by atoms with Gasteiger partial charge in [-0.1, -0.05) is 0 Å². The molecule has 20 heavy (non-hydrogen) atoms. The van der Waals surface area contributed by atoms with E-state index in [1.165, 1.54) is 0 Å². The van der Waals surface area contributed by atoms with E-state index in [9.17, 15) is 4.79 Å². The van der Waals surface area contributed by atoms with Gasteiger partial charge in [-0.25, -0.2) is 14.6 Å². The molecule has 120 valence electrons. The number of carbonyl (C=O) groups excluding carboxylic acids is 1. The minimum atomic E-state index is -0.628. The highest BCUT2D eigenvalue weighted by molar-refractivity contribution is 5.60. The Morgan fingerprint density at radius 1 is 0.950 bits per heavy atom. The van der Waals surface area contributed by atoms with Gasteiger partial charge < -0.3 is 9.47 Å². The Bertz CT molecular complexity index is 291. The average molecular weight is 290 g/mol. The zero-order valence-corrected chi connectivity index (χ0v) is 14.1. The van der Waals surface area contributed by atoms with Crippen molar-refractivity contribution in [3.05, 3.63) is 0 Å². The molecule has 5 heteroatoms. The van der Waals surface area contributed by atoms with E-state index in [-0.39, 0.29) is 17.8 Å². The van der Waals surface area contributed by atoms with Crippen molar-refractivity contribution in [1.29, 1.82) is 0 Å². The van der Waals surface area contributed by atoms with Crippen molar-refractivity contribution in [2.24, 2.45) is 0 Å². The predicted molar refractivity (Wildman–Crippen MR) is 77.4 cm³/mol. The van der Waals surface area contributed by atoms with Crippen LogP contribution in [0.2, 0.25) is 0 Å². The summed E-state index contributed by atoms with van der Waals surface area (Å²) in [5, 5.41) is 0. The molecule has 0 heterocycles. The Morgan fingerprint density at radius 3 is 1.95 bits per heavy atom. The average Bonchev–Trinajstić information content (AvgIpc) is 2.22. The molecule has 0 saturated carbocycles. The van der Waals surface area contributed by atoms with Crippen LogP contribution in [-0.4, -0.2) is 29.6 Å². The van der Waals surface area contributed by atoms with Crippen LogP contribution in [0.3, 0.4) is 0 Å². The van der Waals surface area contributed by atoms with Crippen molar-refractivity contribution in [3.8, 4) is 0 Å². The Balaban J connectivity index is 4.03. The van der Waals surface area contributed by atoms with Crippen molar-refractivity contribution in [2.45, 2.75) is 91.6 Å². The summed E-state index contributed by atoms with van der Waals surface area (Å²) in [6.07, 6.45) is 0.359. The van der Waals surface area contributed by atoms with Crippen LogP contribution in [0.25, 0.3) is 0 Å². The van der Waals surface area contributed by atoms with E-state index >= 15 is 0 Å². The molecule has 0 aliphatic rings. The quantitative estimate of drug-likeness (QED) is 0.399. The van der Waals surface area contributed by atoms with Crippen LogP contribution in [0, 0.1) is 0 Å². The monoisotopic (exact) mass is 290 g/mol. The molecular formula is C15H30O5. The van der Waals surface area contributed by atoms with Gasteiger partial charge in [-0.3, -0.25) is 0 Å². The molecule has 0 rings (SSSR count). The summed E-state index contributed by atoms with van der Waals surface area (Å²) in [4.78, 5) is 22.1. The normalized spacial score (nSPS) is 14.2. The van der Waals surface area contributed by atoms with Crippen molar-refractivity contribution in [3.63, 3.8) is 0 Å². The van der Waals surface area contributed by atoms with E-state index in [2.05, 4.69) is 0 Å². The molecule has 5 nitrogen and oxygen atoms in total. The molecule has 0 bridgehead atoms. The van der Waals surface area contributed by atoms with Gasteiger partial charge in [-0.2, -0.15) is 0 Å². The van der Waals surface area contributed by atoms with Crippen LogP contribution in [0.5, 0.6) is 0 Å². The van der Waals surface area contributed by atoms with Crippen LogP contribution in [0.4, 0.5) is 4.79 Å². The third-order valence-corrected chi connectivity index (χ3v) is 2.30. The fourth-order valence-corrected chi connectivity index (χ4v) is 1.27. The first-order valence-corrected chi connectivity index (χ1v) is 7.15. The van der Waals surface area contributed by atoms with Gasteiger partial charge in [-0.15, -0.1) is 0 Å². The Kier molecular flexibility index (Phi) is 7.52. The number of carbonyl (C=O) groups is 1. The van der Waals surface area contributed by atoms with Gasteiger partial charge in [0.2, 0.25) is 0 Å². The summed E-state index contributed by atoms with van der Waals surface area (Å²) >= 11 is 0. The number of hydrogen-bond donors (Lipinski definition) is 0. The first-order chi connectivity index (χ1) is 8.91. The largest absolute Gasteiger partial charge is 0.508 e. The third-order valence-electron chi connectivity index (χ3n) is 2.30. The van der Waals surface area contributed by atoms with E-state index in [1.54, 1.807) is 13.8 Å². The number of ether oxygens (including phenoxy) is 2. The van der Waals surface area contributed by atoms with E-state index in [1.807, 2.05) is 41.5 Å². The molecular weight excluding hydrogens is 260 g/mol. The predicted octanol–water partition coefficient (Wildman–Crippen LogP) is 4.24. The molecule has 0 amide bonds. The van der Waals surface area contributed by atoms with Crippen LogP contribution in [0.1, 0.15) is 68.2 Å². The molecule has 0 aliphatic heterocycles. The van der Waals surface area contributed by atoms with Gasteiger partial charge in [0.1, 0.15) is 6.10 Å². The minimum absolute atomic E-state index is 0.172. The molecule has 1 unspecified atom stereocenters. The van der Waals surface area contributed by atoms with Gasteiger partial charge >= 0.3 is 6.16 Å². The van der Waals surface area contributed by atoms with E-state index in [0.717, 1.165) is 0 Å². The van der Waals surface area contributed by atoms with Crippen LogP contribution in [-0.2, 0) is 19.2 Å². The zero-order chi connectivity index (χ0) is 16.0. The first kappa shape index (κ1) is 19.2.